The van der Waals surface area contributed by atoms with Crippen molar-refractivity contribution >= 4 is 0 Å². The van der Waals surface area contributed by atoms with Crippen LogP contribution in [0.2, 0.25) is 0 Å². The Hall–Kier alpha value is -1.87. The topological polar surface area (TPSA) is 42.4 Å². The molecule has 1 aromatic heterocycles. The van der Waals surface area contributed by atoms with E-state index in [0.29, 0.717) is 5.88 Å². The highest BCUT2D eigenvalue weighted by Crippen LogP contribution is 2.21. The van der Waals surface area contributed by atoms with Crippen molar-refractivity contribution in [3.63, 3.8) is 0 Å². The van der Waals surface area contributed by atoms with Gasteiger partial charge in [0.2, 0.25) is 5.88 Å². The molecule has 2 rings (SSSR count). The molecule has 0 aliphatic carbocycles. The molecular formula is C15H17NO2. The van der Waals surface area contributed by atoms with Crippen molar-refractivity contribution in [1.82, 2.24) is 4.98 Å². The zero-order valence-electron chi connectivity index (χ0n) is 10.6. The molecular weight excluding hydrogens is 226 g/mol. The summed E-state index contributed by atoms with van der Waals surface area (Å²) in [5, 5.41) is 9.38. The highest BCUT2D eigenvalue weighted by molar-refractivity contribution is 5.31. The van der Waals surface area contributed by atoms with Gasteiger partial charge in [-0.15, -0.1) is 0 Å². The Balaban J connectivity index is 2.08. The van der Waals surface area contributed by atoms with Gasteiger partial charge in [-0.05, 0) is 42.7 Å². The highest BCUT2D eigenvalue weighted by Gasteiger charge is 2.03. The van der Waals surface area contributed by atoms with Crippen LogP contribution in [0.15, 0.2) is 42.6 Å². The molecule has 18 heavy (non-hydrogen) atoms. The first-order chi connectivity index (χ1) is 8.69. The average molecular weight is 243 g/mol. The van der Waals surface area contributed by atoms with Gasteiger partial charge in [-0.1, -0.05) is 19.1 Å². The fourth-order valence-electron chi connectivity index (χ4n) is 1.61. The molecule has 0 unspecified atom stereocenters. The first-order valence-corrected chi connectivity index (χ1v) is 6.10. The second-order valence-corrected chi connectivity index (χ2v) is 4.21. The molecule has 2 aromatic rings. The fourth-order valence-corrected chi connectivity index (χ4v) is 1.61. The van der Waals surface area contributed by atoms with Crippen LogP contribution >= 0.6 is 0 Å². The zero-order valence-corrected chi connectivity index (χ0v) is 10.6. The van der Waals surface area contributed by atoms with Crippen LogP contribution < -0.4 is 4.74 Å². The Morgan fingerprint density at radius 1 is 1.17 bits per heavy atom. The van der Waals surface area contributed by atoms with Crippen LogP contribution in [0.25, 0.3) is 0 Å². The summed E-state index contributed by atoms with van der Waals surface area (Å²) in [5.41, 5.74) is 2.06. The minimum absolute atomic E-state index is 0.504. The van der Waals surface area contributed by atoms with E-state index < -0.39 is 6.10 Å². The summed E-state index contributed by atoms with van der Waals surface area (Å²) in [7, 11) is 0. The summed E-state index contributed by atoms with van der Waals surface area (Å²) >= 11 is 0. The van der Waals surface area contributed by atoms with E-state index in [2.05, 4.69) is 11.9 Å². The van der Waals surface area contributed by atoms with E-state index in [-0.39, 0.29) is 0 Å². The van der Waals surface area contributed by atoms with Gasteiger partial charge < -0.3 is 9.84 Å². The lowest BCUT2D eigenvalue weighted by Crippen LogP contribution is -1.93. The van der Waals surface area contributed by atoms with E-state index in [4.69, 9.17) is 4.74 Å². The monoisotopic (exact) mass is 243 g/mol. The molecule has 0 amide bonds. The molecule has 0 aliphatic rings. The predicted molar refractivity (Wildman–Crippen MR) is 70.8 cm³/mol. The van der Waals surface area contributed by atoms with Crippen molar-refractivity contribution in [3.05, 3.63) is 53.7 Å². The summed E-state index contributed by atoms with van der Waals surface area (Å²) in [4.78, 5) is 4.16. The molecule has 3 nitrogen and oxygen atoms in total. The first-order valence-electron chi connectivity index (χ1n) is 6.10. The summed E-state index contributed by atoms with van der Waals surface area (Å²) in [5.74, 6) is 1.30. The number of ether oxygens (including phenoxy) is 1. The second kappa shape index (κ2) is 5.65. The van der Waals surface area contributed by atoms with Crippen LogP contribution in [0.3, 0.4) is 0 Å². The van der Waals surface area contributed by atoms with Crippen molar-refractivity contribution in [2.24, 2.45) is 0 Å². The van der Waals surface area contributed by atoms with Gasteiger partial charge in [-0.2, -0.15) is 0 Å². The Labute approximate surface area is 107 Å². The summed E-state index contributed by atoms with van der Waals surface area (Å²) in [6.07, 6.45) is 2.14. The number of aliphatic hydroxyl groups excluding tert-OH is 1. The molecule has 0 saturated carbocycles. The normalized spacial score (nSPS) is 12.2. The lowest BCUT2D eigenvalue weighted by Gasteiger charge is -2.07. The van der Waals surface area contributed by atoms with Gasteiger partial charge in [0.05, 0.1) is 6.10 Å². The molecule has 1 N–H and O–H groups in total. The van der Waals surface area contributed by atoms with E-state index in [1.54, 1.807) is 19.2 Å². The third-order valence-corrected chi connectivity index (χ3v) is 2.80. The quantitative estimate of drug-likeness (QED) is 0.893. The van der Waals surface area contributed by atoms with Crippen LogP contribution in [0.4, 0.5) is 0 Å². The zero-order chi connectivity index (χ0) is 13.0. The summed E-state index contributed by atoms with van der Waals surface area (Å²) < 4.78 is 5.62. The molecule has 1 atom stereocenters. The van der Waals surface area contributed by atoms with E-state index in [1.807, 2.05) is 30.3 Å². The number of rotatable bonds is 4. The number of hydrogen-bond acceptors (Lipinski definition) is 3. The van der Waals surface area contributed by atoms with Crippen LogP contribution in [0.5, 0.6) is 11.6 Å². The van der Waals surface area contributed by atoms with Gasteiger partial charge >= 0.3 is 0 Å². The molecule has 0 bridgehead atoms. The third-order valence-electron chi connectivity index (χ3n) is 2.80. The number of nitrogens with zero attached hydrogens (tertiary/aromatic N) is 1. The van der Waals surface area contributed by atoms with Gasteiger partial charge in [-0.3, -0.25) is 0 Å². The smallest absolute Gasteiger partial charge is 0.219 e. The average Bonchev–Trinajstić information content (AvgIpc) is 2.40. The maximum atomic E-state index is 9.38. The Morgan fingerprint density at radius 3 is 2.39 bits per heavy atom. The van der Waals surface area contributed by atoms with Crippen molar-refractivity contribution in [1.29, 1.82) is 0 Å². The number of pyridine rings is 1. The van der Waals surface area contributed by atoms with Crippen LogP contribution in [0.1, 0.15) is 31.1 Å². The van der Waals surface area contributed by atoms with E-state index in [9.17, 15) is 5.11 Å². The van der Waals surface area contributed by atoms with Gasteiger partial charge in [0.15, 0.2) is 0 Å². The molecule has 94 valence electrons. The Bertz CT molecular complexity index is 489. The van der Waals surface area contributed by atoms with Gasteiger partial charge in [-0.25, -0.2) is 4.98 Å². The molecule has 0 spiro atoms. The minimum atomic E-state index is -0.504. The lowest BCUT2D eigenvalue weighted by atomic mass is 10.2. The first kappa shape index (κ1) is 12.6. The van der Waals surface area contributed by atoms with Gasteiger partial charge in [0.1, 0.15) is 5.75 Å². The highest BCUT2D eigenvalue weighted by atomic mass is 16.5. The van der Waals surface area contributed by atoms with Crippen LogP contribution in [-0.2, 0) is 6.42 Å². The predicted octanol–water partition coefficient (Wildman–Crippen LogP) is 3.49. The van der Waals surface area contributed by atoms with E-state index >= 15 is 0 Å². The lowest BCUT2D eigenvalue weighted by molar-refractivity contribution is 0.198. The molecule has 3 heteroatoms. The van der Waals surface area contributed by atoms with Crippen molar-refractivity contribution in [2.45, 2.75) is 26.4 Å². The molecule has 0 aliphatic heterocycles. The van der Waals surface area contributed by atoms with Gasteiger partial charge in [0, 0.05) is 12.3 Å². The van der Waals surface area contributed by atoms with E-state index in [1.165, 1.54) is 5.56 Å². The molecule has 1 heterocycles. The van der Waals surface area contributed by atoms with Crippen LogP contribution in [-0.4, -0.2) is 10.1 Å². The number of benzene rings is 1. The number of aromatic nitrogens is 1. The maximum absolute atomic E-state index is 9.38. The number of aryl methyl sites for hydroxylation is 1. The Morgan fingerprint density at radius 2 is 1.89 bits per heavy atom. The summed E-state index contributed by atoms with van der Waals surface area (Å²) in [6.45, 7) is 3.83. The molecule has 1 aromatic carbocycles. The second-order valence-electron chi connectivity index (χ2n) is 4.21. The third kappa shape index (κ3) is 3.08. The van der Waals surface area contributed by atoms with Crippen molar-refractivity contribution in [2.75, 3.05) is 0 Å². The van der Waals surface area contributed by atoms with Crippen molar-refractivity contribution < 1.29 is 9.84 Å². The maximum Gasteiger partial charge on any atom is 0.219 e. The molecule has 0 fully saturated rings. The van der Waals surface area contributed by atoms with Crippen LogP contribution in [0, 0.1) is 0 Å². The minimum Gasteiger partial charge on any atom is -0.439 e. The summed E-state index contributed by atoms with van der Waals surface area (Å²) in [6, 6.07) is 11.5. The molecule has 0 radical (unpaired) electrons. The van der Waals surface area contributed by atoms with Gasteiger partial charge in [0.25, 0.3) is 0 Å². The standard InChI is InChI=1S/C15H17NO2/c1-3-12-4-7-14(8-5-12)18-15-9-6-13(10-16-15)11(2)17/h4-11,17H,3H2,1-2H3/t11-/m0/s1. The SMILES string of the molecule is CCc1ccc(Oc2ccc([C@H](C)O)cn2)cc1. The number of hydrogen-bond donors (Lipinski definition) is 1. The molecule has 0 saturated heterocycles. The number of aliphatic hydroxyl groups is 1. The van der Waals surface area contributed by atoms with E-state index in [0.717, 1.165) is 17.7 Å². The van der Waals surface area contributed by atoms with Crippen molar-refractivity contribution in [3.8, 4) is 11.6 Å². The fraction of sp³-hybridized carbons (Fsp3) is 0.267. The largest absolute Gasteiger partial charge is 0.439 e. The Kier molecular flexibility index (Phi) is 3.95.